The van der Waals surface area contributed by atoms with Crippen LogP contribution in [0.15, 0.2) is 48.5 Å². The maximum absolute atomic E-state index is 5.77. The van der Waals surface area contributed by atoms with Gasteiger partial charge in [-0.05, 0) is 35.7 Å². The van der Waals surface area contributed by atoms with Crippen LogP contribution < -0.4 is 5.73 Å². The fourth-order valence-electron chi connectivity index (χ4n) is 2.63. The molecule has 0 bridgehead atoms. The van der Waals surface area contributed by atoms with Crippen LogP contribution >= 0.6 is 0 Å². The maximum Gasteiger partial charge on any atom is 0.110 e. The third-order valence-corrected chi connectivity index (χ3v) is 3.64. The number of benzene rings is 2. The van der Waals surface area contributed by atoms with E-state index in [0.717, 1.165) is 30.0 Å². The van der Waals surface area contributed by atoms with Gasteiger partial charge in [0.2, 0.25) is 0 Å². The fourth-order valence-corrected chi connectivity index (χ4v) is 2.63. The predicted octanol–water partition coefficient (Wildman–Crippen LogP) is 3.87. The summed E-state index contributed by atoms with van der Waals surface area (Å²) >= 11 is 0. The minimum absolute atomic E-state index is 0.590. The lowest BCUT2D eigenvalue weighted by Gasteiger charge is -2.11. The van der Waals surface area contributed by atoms with Gasteiger partial charge in [0.15, 0.2) is 0 Å². The van der Waals surface area contributed by atoms with E-state index in [4.69, 9.17) is 10.7 Å². The minimum atomic E-state index is 0.590. The lowest BCUT2D eigenvalue weighted by atomic mass is 10.1. The first-order valence-corrected chi connectivity index (χ1v) is 7.42. The molecule has 0 aliphatic heterocycles. The Morgan fingerprint density at radius 2 is 1.76 bits per heavy atom. The molecule has 3 rings (SSSR count). The van der Waals surface area contributed by atoms with Crippen LogP contribution in [0, 0.1) is 5.92 Å². The number of nitrogens with two attached hydrogens (primary N) is 1. The highest BCUT2D eigenvalue weighted by atomic mass is 15.1. The van der Waals surface area contributed by atoms with Crippen LogP contribution in [-0.2, 0) is 13.0 Å². The molecule has 108 valence electrons. The summed E-state index contributed by atoms with van der Waals surface area (Å²) < 4.78 is 2.32. The molecule has 0 saturated carbocycles. The number of anilines is 1. The van der Waals surface area contributed by atoms with Gasteiger partial charge in [0, 0.05) is 18.7 Å². The number of imidazole rings is 1. The molecule has 21 heavy (non-hydrogen) atoms. The topological polar surface area (TPSA) is 43.8 Å². The maximum atomic E-state index is 5.77. The van der Waals surface area contributed by atoms with E-state index >= 15 is 0 Å². The molecule has 0 radical (unpaired) electrons. The number of aromatic nitrogens is 2. The lowest BCUT2D eigenvalue weighted by molar-refractivity contribution is 0.595. The molecular formula is C18H21N3. The molecule has 0 unspecified atom stereocenters. The summed E-state index contributed by atoms with van der Waals surface area (Å²) in [7, 11) is 0. The number of rotatable bonds is 4. The molecule has 2 aromatic carbocycles. The van der Waals surface area contributed by atoms with Crippen LogP contribution in [0.25, 0.3) is 11.0 Å². The Morgan fingerprint density at radius 1 is 1.05 bits per heavy atom. The number of hydrogen-bond donors (Lipinski definition) is 1. The van der Waals surface area contributed by atoms with Gasteiger partial charge in [-0.1, -0.05) is 38.1 Å². The van der Waals surface area contributed by atoms with Crippen molar-refractivity contribution in [2.75, 3.05) is 5.73 Å². The lowest BCUT2D eigenvalue weighted by Crippen LogP contribution is -2.08. The van der Waals surface area contributed by atoms with Gasteiger partial charge >= 0.3 is 0 Å². The molecule has 0 aliphatic rings. The van der Waals surface area contributed by atoms with Crippen LogP contribution in [0.1, 0.15) is 25.2 Å². The zero-order valence-electron chi connectivity index (χ0n) is 12.6. The van der Waals surface area contributed by atoms with Gasteiger partial charge in [-0.2, -0.15) is 0 Å². The summed E-state index contributed by atoms with van der Waals surface area (Å²) in [6, 6.07) is 16.4. The molecule has 0 aliphatic carbocycles. The largest absolute Gasteiger partial charge is 0.399 e. The van der Waals surface area contributed by atoms with Crippen LogP contribution in [0.3, 0.4) is 0 Å². The molecule has 0 saturated heterocycles. The highest BCUT2D eigenvalue weighted by Gasteiger charge is 2.12. The SMILES string of the molecule is CC(C)Cc1nc2ccccc2n1Cc1ccc(N)cc1. The van der Waals surface area contributed by atoms with Gasteiger partial charge in [-0.3, -0.25) is 0 Å². The van der Waals surface area contributed by atoms with Crippen molar-refractivity contribution < 1.29 is 0 Å². The van der Waals surface area contributed by atoms with Crippen molar-refractivity contribution in [3.05, 3.63) is 59.9 Å². The van der Waals surface area contributed by atoms with Crippen LogP contribution in [0.4, 0.5) is 5.69 Å². The Bertz CT molecular complexity index is 739. The molecule has 1 heterocycles. The molecule has 0 amide bonds. The first-order chi connectivity index (χ1) is 10.1. The quantitative estimate of drug-likeness (QED) is 0.737. The number of fused-ring (bicyclic) bond motifs is 1. The van der Waals surface area contributed by atoms with E-state index in [1.807, 2.05) is 18.2 Å². The minimum Gasteiger partial charge on any atom is -0.399 e. The number of nitrogens with zero attached hydrogens (tertiary/aromatic N) is 2. The van der Waals surface area contributed by atoms with Crippen molar-refractivity contribution in [1.29, 1.82) is 0 Å². The molecule has 3 aromatic rings. The number of para-hydroxylation sites is 2. The first-order valence-electron chi connectivity index (χ1n) is 7.42. The van der Waals surface area contributed by atoms with E-state index in [-0.39, 0.29) is 0 Å². The van der Waals surface area contributed by atoms with E-state index < -0.39 is 0 Å². The van der Waals surface area contributed by atoms with Crippen LogP contribution in [-0.4, -0.2) is 9.55 Å². The second-order valence-corrected chi connectivity index (χ2v) is 5.94. The van der Waals surface area contributed by atoms with E-state index in [1.54, 1.807) is 0 Å². The number of hydrogen-bond acceptors (Lipinski definition) is 2. The summed E-state index contributed by atoms with van der Waals surface area (Å²) in [6.45, 7) is 5.29. The molecule has 0 spiro atoms. The van der Waals surface area contributed by atoms with Crippen molar-refractivity contribution in [1.82, 2.24) is 9.55 Å². The molecule has 3 nitrogen and oxygen atoms in total. The van der Waals surface area contributed by atoms with Gasteiger partial charge in [-0.15, -0.1) is 0 Å². The van der Waals surface area contributed by atoms with Gasteiger partial charge in [0.05, 0.1) is 11.0 Å². The summed E-state index contributed by atoms with van der Waals surface area (Å²) in [5.41, 5.74) is 10.1. The monoisotopic (exact) mass is 279 g/mol. The predicted molar refractivity (Wildman–Crippen MR) is 88.2 cm³/mol. The Labute approximate surface area is 125 Å². The third-order valence-electron chi connectivity index (χ3n) is 3.64. The summed E-state index contributed by atoms with van der Waals surface area (Å²) in [5.74, 6) is 1.75. The van der Waals surface area contributed by atoms with Crippen LogP contribution in [0.5, 0.6) is 0 Å². The zero-order valence-corrected chi connectivity index (χ0v) is 12.6. The van der Waals surface area contributed by atoms with Gasteiger partial charge in [-0.25, -0.2) is 4.98 Å². The van der Waals surface area contributed by atoms with E-state index in [0.29, 0.717) is 5.92 Å². The molecule has 0 atom stereocenters. The second-order valence-electron chi connectivity index (χ2n) is 5.94. The molecule has 0 fully saturated rings. The van der Waals surface area contributed by atoms with Crippen molar-refractivity contribution in [2.45, 2.75) is 26.8 Å². The van der Waals surface area contributed by atoms with E-state index in [1.165, 1.54) is 11.1 Å². The average molecular weight is 279 g/mol. The van der Waals surface area contributed by atoms with Crippen molar-refractivity contribution in [3.63, 3.8) is 0 Å². The highest BCUT2D eigenvalue weighted by Crippen LogP contribution is 2.20. The summed E-state index contributed by atoms with van der Waals surface area (Å²) in [6.07, 6.45) is 0.990. The van der Waals surface area contributed by atoms with E-state index in [9.17, 15) is 0 Å². The normalized spacial score (nSPS) is 11.4. The number of nitrogen functional groups attached to an aromatic ring is 1. The molecule has 2 N–H and O–H groups in total. The smallest absolute Gasteiger partial charge is 0.110 e. The van der Waals surface area contributed by atoms with Crippen molar-refractivity contribution in [2.24, 2.45) is 5.92 Å². The Balaban J connectivity index is 2.03. The van der Waals surface area contributed by atoms with E-state index in [2.05, 4.69) is 48.7 Å². The Hall–Kier alpha value is -2.29. The van der Waals surface area contributed by atoms with Crippen LogP contribution in [0.2, 0.25) is 0 Å². The van der Waals surface area contributed by atoms with Gasteiger partial charge < -0.3 is 10.3 Å². The zero-order chi connectivity index (χ0) is 14.8. The standard InChI is InChI=1S/C18H21N3/c1-13(2)11-18-20-16-5-3-4-6-17(16)21(18)12-14-7-9-15(19)10-8-14/h3-10,13H,11-12,19H2,1-2H3. The molecule has 3 heteroatoms. The molecular weight excluding hydrogens is 258 g/mol. The average Bonchev–Trinajstić information content (AvgIpc) is 2.78. The molecule has 1 aromatic heterocycles. The van der Waals surface area contributed by atoms with Gasteiger partial charge in [0.25, 0.3) is 0 Å². The fraction of sp³-hybridized carbons (Fsp3) is 0.278. The summed E-state index contributed by atoms with van der Waals surface area (Å²) in [4.78, 5) is 4.80. The van der Waals surface area contributed by atoms with Crippen molar-refractivity contribution >= 4 is 16.7 Å². The Kier molecular flexibility index (Phi) is 3.65. The van der Waals surface area contributed by atoms with Crippen molar-refractivity contribution in [3.8, 4) is 0 Å². The summed E-state index contributed by atoms with van der Waals surface area (Å²) in [5, 5.41) is 0. The first kappa shape index (κ1) is 13.7. The Morgan fingerprint density at radius 3 is 2.48 bits per heavy atom. The van der Waals surface area contributed by atoms with Gasteiger partial charge in [0.1, 0.15) is 5.82 Å². The third kappa shape index (κ3) is 2.92. The second kappa shape index (κ2) is 5.60. The highest BCUT2D eigenvalue weighted by molar-refractivity contribution is 5.76.